The first-order valence-electron chi connectivity index (χ1n) is 9.01. The standard InChI is InChI=1S/C20H18N4O5S/c21-13-1-3-14(4-2-13)29-15-5-7-16(8-6-15)30(27,28)24-12-18-17(22-9-10-23-18)11-19(24)20(25)26/h1-10,19H,11-12,21H2,(H,25,26)/t19-/m1/s1. The number of fused-ring (bicyclic) bond motifs is 1. The molecule has 0 fully saturated rings. The van der Waals surface area contributed by atoms with Crippen molar-refractivity contribution < 1.29 is 23.1 Å². The molecule has 0 saturated carbocycles. The van der Waals surface area contributed by atoms with E-state index in [9.17, 15) is 18.3 Å². The summed E-state index contributed by atoms with van der Waals surface area (Å²) in [5, 5.41) is 9.59. The molecule has 154 valence electrons. The monoisotopic (exact) mass is 426 g/mol. The van der Waals surface area contributed by atoms with Gasteiger partial charge >= 0.3 is 5.97 Å². The van der Waals surface area contributed by atoms with Gasteiger partial charge < -0.3 is 15.6 Å². The van der Waals surface area contributed by atoms with Crippen LogP contribution in [0.3, 0.4) is 0 Å². The Hall–Kier alpha value is -3.50. The van der Waals surface area contributed by atoms with E-state index >= 15 is 0 Å². The average molecular weight is 426 g/mol. The molecule has 0 spiro atoms. The average Bonchev–Trinajstić information content (AvgIpc) is 2.75. The van der Waals surface area contributed by atoms with Crippen molar-refractivity contribution in [1.82, 2.24) is 14.3 Å². The number of ether oxygens (including phenoxy) is 1. The highest BCUT2D eigenvalue weighted by Crippen LogP contribution is 2.29. The Morgan fingerprint density at radius 2 is 1.57 bits per heavy atom. The minimum absolute atomic E-state index is 0.0363. The van der Waals surface area contributed by atoms with E-state index < -0.39 is 22.0 Å². The Kier molecular flexibility index (Phi) is 5.10. The molecule has 1 aliphatic heterocycles. The highest BCUT2D eigenvalue weighted by atomic mass is 32.2. The van der Waals surface area contributed by atoms with Gasteiger partial charge in [-0.15, -0.1) is 0 Å². The van der Waals surface area contributed by atoms with Crippen LogP contribution in [0.5, 0.6) is 11.5 Å². The molecule has 9 nitrogen and oxygen atoms in total. The van der Waals surface area contributed by atoms with E-state index in [-0.39, 0.29) is 17.9 Å². The minimum atomic E-state index is -4.08. The van der Waals surface area contributed by atoms with Crippen molar-refractivity contribution in [3.63, 3.8) is 0 Å². The van der Waals surface area contributed by atoms with Crippen LogP contribution < -0.4 is 10.5 Å². The van der Waals surface area contributed by atoms with Crippen LogP contribution in [0.25, 0.3) is 0 Å². The highest BCUT2D eigenvalue weighted by molar-refractivity contribution is 7.89. The molecule has 0 aliphatic carbocycles. The number of nitrogens with two attached hydrogens (primary N) is 1. The maximum atomic E-state index is 13.2. The van der Waals surface area contributed by atoms with Crippen molar-refractivity contribution in [2.75, 3.05) is 5.73 Å². The molecular weight excluding hydrogens is 408 g/mol. The predicted octanol–water partition coefficient (Wildman–Crippen LogP) is 2.05. The van der Waals surface area contributed by atoms with Gasteiger partial charge in [-0.2, -0.15) is 4.31 Å². The lowest BCUT2D eigenvalue weighted by Crippen LogP contribution is -2.49. The third kappa shape index (κ3) is 3.82. The zero-order valence-corrected chi connectivity index (χ0v) is 16.5. The lowest BCUT2D eigenvalue weighted by atomic mass is 10.1. The van der Waals surface area contributed by atoms with Gasteiger partial charge in [0.15, 0.2) is 0 Å². The molecule has 2 heterocycles. The number of carbonyl (C=O) groups is 1. The summed E-state index contributed by atoms with van der Waals surface area (Å²) in [5.41, 5.74) is 7.18. The Morgan fingerprint density at radius 3 is 2.17 bits per heavy atom. The molecule has 0 radical (unpaired) electrons. The zero-order valence-electron chi connectivity index (χ0n) is 15.7. The van der Waals surface area contributed by atoms with Gasteiger partial charge in [-0.1, -0.05) is 0 Å². The quantitative estimate of drug-likeness (QED) is 0.592. The van der Waals surface area contributed by atoms with Crippen LogP contribution in [0.4, 0.5) is 5.69 Å². The molecule has 1 aromatic heterocycles. The van der Waals surface area contributed by atoms with Crippen LogP contribution in [0.2, 0.25) is 0 Å². The number of anilines is 1. The fraction of sp³-hybridized carbons (Fsp3) is 0.150. The van der Waals surface area contributed by atoms with Crippen LogP contribution in [-0.2, 0) is 27.8 Å². The fourth-order valence-corrected chi connectivity index (χ4v) is 4.73. The molecule has 0 amide bonds. The molecule has 1 atom stereocenters. The zero-order chi connectivity index (χ0) is 21.3. The van der Waals surface area contributed by atoms with E-state index in [1.165, 1.54) is 36.7 Å². The molecule has 0 unspecified atom stereocenters. The Labute approximate surface area is 172 Å². The largest absolute Gasteiger partial charge is 0.480 e. The second-order valence-corrected chi connectivity index (χ2v) is 8.59. The number of benzene rings is 2. The number of hydrogen-bond donors (Lipinski definition) is 2. The molecule has 0 saturated heterocycles. The fourth-order valence-electron chi connectivity index (χ4n) is 3.19. The Morgan fingerprint density at radius 1 is 1.00 bits per heavy atom. The summed E-state index contributed by atoms with van der Waals surface area (Å²) >= 11 is 0. The normalized spacial score (nSPS) is 16.6. The topological polar surface area (TPSA) is 136 Å². The van der Waals surface area contributed by atoms with Crippen LogP contribution in [0, 0.1) is 0 Å². The molecule has 4 rings (SSSR count). The van der Waals surface area contributed by atoms with E-state index in [0.717, 1.165) is 4.31 Å². The van der Waals surface area contributed by atoms with Gasteiger partial charge in [-0.05, 0) is 48.5 Å². The molecule has 2 aromatic carbocycles. The molecule has 1 aliphatic rings. The van der Waals surface area contributed by atoms with E-state index in [2.05, 4.69) is 9.97 Å². The van der Waals surface area contributed by atoms with Crippen LogP contribution in [0.1, 0.15) is 11.4 Å². The number of aliphatic carboxylic acids is 1. The van der Waals surface area contributed by atoms with E-state index in [4.69, 9.17) is 10.5 Å². The summed E-state index contributed by atoms with van der Waals surface area (Å²) in [6, 6.07) is 11.3. The third-order valence-corrected chi connectivity index (χ3v) is 6.60. The van der Waals surface area contributed by atoms with E-state index in [0.29, 0.717) is 28.6 Å². The van der Waals surface area contributed by atoms with Gasteiger partial charge in [0.05, 0.1) is 22.8 Å². The number of rotatable bonds is 5. The van der Waals surface area contributed by atoms with Crippen molar-refractivity contribution in [2.24, 2.45) is 0 Å². The van der Waals surface area contributed by atoms with E-state index in [1.54, 1.807) is 24.3 Å². The minimum Gasteiger partial charge on any atom is -0.480 e. The first kappa shape index (κ1) is 19.8. The van der Waals surface area contributed by atoms with Gasteiger partial charge in [0.1, 0.15) is 17.5 Å². The number of carboxylic acids is 1. The smallest absolute Gasteiger partial charge is 0.322 e. The SMILES string of the molecule is Nc1ccc(Oc2ccc(S(=O)(=O)N3Cc4nccnc4C[C@@H]3C(=O)O)cc2)cc1. The summed E-state index contributed by atoms with van der Waals surface area (Å²) in [6.45, 7) is -0.161. The van der Waals surface area contributed by atoms with E-state index in [1.807, 2.05) is 0 Å². The number of aromatic nitrogens is 2. The van der Waals surface area contributed by atoms with Crippen LogP contribution in [-0.4, -0.2) is 39.8 Å². The summed E-state index contributed by atoms with van der Waals surface area (Å²) in [6.07, 6.45) is 2.87. The Bertz CT molecular complexity index is 1180. The predicted molar refractivity (Wildman–Crippen MR) is 107 cm³/mol. The Balaban J connectivity index is 1.60. The van der Waals surface area contributed by atoms with Crippen molar-refractivity contribution >= 4 is 21.7 Å². The summed E-state index contributed by atoms with van der Waals surface area (Å²) in [4.78, 5) is 20.0. The molecule has 0 bridgehead atoms. The van der Waals surface area contributed by atoms with Crippen molar-refractivity contribution in [2.45, 2.75) is 23.9 Å². The van der Waals surface area contributed by atoms with Gasteiger partial charge in [0.2, 0.25) is 10.0 Å². The number of nitrogen functional groups attached to an aromatic ring is 1. The van der Waals surface area contributed by atoms with Crippen LogP contribution >= 0.6 is 0 Å². The first-order chi connectivity index (χ1) is 14.3. The third-order valence-electron chi connectivity index (χ3n) is 4.73. The number of sulfonamides is 1. The summed E-state index contributed by atoms with van der Waals surface area (Å²) in [5.74, 6) is -0.251. The molecule has 3 aromatic rings. The first-order valence-corrected chi connectivity index (χ1v) is 10.5. The maximum absolute atomic E-state index is 13.2. The van der Waals surface area contributed by atoms with Crippen molar-refractivity contribution in [3.8, 4) is 11.5 Å². The number of nitrogens with zero attached hydrogens (tertiary/aromatic N) is 3. The molecular formula is C20H18N4O5S. The highest BCUT2D eigenvalue weighted by Gasteiger charge is 2.40. The summed E-state index contributed by atoms with van der Waals surface area (Å²) < 4.78 is 33.0. The lowest BCUT2D eigenvalue weighted by molar-refractivity contribution is -0.141. The number of hydrogen-bond acceptors (Lipinski definition) is 7. The van der Waals surface area contributed by atoms with Crippen molar-refractivity contribution in [3.05, 3.63) is 72.3 Å². The second-order valence-electron chi connectivity index (χ2n) is 6.70. The molecule has 30 heavy (non-hydrogen) atoms. The van der Waals surface area contributed by atoms with Crippen LogP contribution in [0.15, 0.2) is 65.8 Å². The molecule has 3 N–H and O–H groups in total. The van der Waals surface area contributed by atoms with Gasteiger partial charge in [0.25, 0.3) is 0 Å². The van der Waals surface area contributed by atoms with Gasteiger partial charge in [0, 0.05) is 24.5 Å². The second kappa shape index (κ2) is 7.73. The van der Waals surface area contributed by atoms with Gasteiger partial charge in [-0.3, -0.25) is 14.8 Å². The lowest BCUT2D eigenvalue weighted by Gasteiger charge is -2.32. The summed E-state index contributed by atoms with van der Waals surface area (Å²) in [7, 11) is -4.08. The molecule has 10 heteroatoms. The van der Waals surface area contributed by atoms with Crippen molar-refractivity contribution in [1.29, 1.82) is 0 Å². The maximum Gasteiger partial charge on any atom is 0.322 e. The van der Waals surface area contributed by atoms with Gasteiger partial charge in [-0.25, -0.2) is 8.42 Å². The number of carboxylic acid groups (broad SMARTS) is 1.